The van der Waals surface area contributed by atoms with Gasteiger partial charge in [-0.3, -0.25) is 0 Å². The Balaban J connectivity index is 2.73. The second-order valence-corrected chi connectivity index (χ2v) is 4.53. The Bertz CT molecular complexity index is 358. The third-order valence-corrected chi connectivity index (χ3v) is 2.76. The van der Waals surface area contributed by atoms with E-state index in [0.717, 1.165) is 34.6 Å². The van der Waals surface area contributed by atoms with E-state index in [1.807, 2.05) is 32.0 Å². The van der Waals surface area contributed by atoms with Gasteiger partial charge in [-0.05, 0) is 43.9 Å². The van der Waals surface area contributed by atoms with E-state index in [9.17, 15) is 0 Å². The van der Waals surface area contributed by atoms with Gasteiger partial charge in [0.05, 0.1) is 0 Å². The Morgan fingerprint density at radius 3 is 2.73 bits per heavy atom. The zero-order chi connectivity index (χ0) is 11.4. The maximum Gasteiger partial charge on any atom is 0.0456 e. The Morgan fingerprint density at radius 1 is 1.53 bits per heavy atom. The van der Waals surface area contributed by atoms with Crippen molar-refractivity contribution in [3.8, 4) is 0 Å². The molecule has 0 saturated heterocycles. The molecule has 1 aromatic carbocycles. The number of nitrogens with two attached hydrogens (primary N) is 1. The summed E-state index contributed by atoms with van der Waals surface area (Å²) in [6, 6.07) is 6.02. The third-order valence-electron chi connectivity index (χ3n) is 2.44. The van der Waals surface area contributed by atoms with Crippen LogP contribution in [0.3, 0.4) is 0 Å². The lowest BCUT2D eigenvalue weighted by molar-refractivity contribution is 0.649. The molecule has 1 atom stereocenters. The Morgan fingerprint density at radius 2 is 2.20 bits per heavy atom. The third kappa shape index (κ3) is 3.69. The van der Waals surface area contributed by atoms with Crippen LogP contribution in [0.15, 0.2) is 30.4 Å². The molecule has 1 aromatic rings. The number of aryl methyl sites for hydroxylation is 1. The molecule has 0 radical (unpaired) electrons. The van der Waals surface area contributed by atoms with Crippen molar-refractivity contribution in [2.75, 3.05) is 0 Å². The lowest BCUT2D eigenvalue weighted by atomic mass is 10.00. The molecule has 0 bridgehead atoms. The van der Waals surface area contributed by atoms with Gasteiger partial charge in [0.1, 0.15) is 0 Å². The van der Waals surface area contributed by atoms with Gasteiger partial charge in [-0.1, -0.05) is 29.3 Å². The van der Waals surface area contributed by atoms with E-state index in [0.29, 0.717) is 0 Å². The van der Waals surface area contributed by atoms with Crippen molar-refractivity contribution in [2.24, 2.45) is 5.73 Å². The minimum atomic E-state index is 0.00907. The Labute approximate surface area is 96.9 Å². The minimum Gasteiger partial charge on any atom is -0.324 e. The van der Waals surface area contributed by atoms with Crippen LogP contribution in [0.1, 0.15) is 36.9 Å². The van der Waals surface area contributed by atoms with E-state index in [4.69, 9.17) is 17.3 Å². The number of benzene rings is 1. The molecular weight excluding hydrogens is 206 g/mol. The molecular formula is C13H18ClN. The summed E-state index contributed by atoms with van der Waals surface area (Å²) in [7, 11) is 0. The molecule has 0 aromatic heterocycles. The van der Waals surface area contributed by atoms with Crippen LogP contribution in [0.2, 0.25) is 5.02 Å². The topological polar surface area (TPSA) is 26.0 Å². The molecule has 82 valence electrons. The first-order valence-corrected chi connectivity index (χ1v) is 5.54. The lowest BCUT2D eigenvalue weighted by Gasteiger charge is -2.14. The molecule has 2 N–H and O–H groups in total. The van der Waals surface area contributed by atoms with Gasteiger partial charge in [-0.25, -0.2) is 0 Å². The number of allylic oxidation sites excluding steroid dienone is 1. The highest BCUT2D eigenvalue weighted by atomic mass is 35.5. The highest BCUT2D eigenvalue weighted by Crippen LogP contribution is 2.26. The molecule has 0 aliphatic carbocycles. The van der Waals surface area contributed by atoms with E-state index < -0.39 is 0 Å². The fourth-order valence-electron chi connectivity index (χ4n) is 1.49. The first kappa shape index (κ1) is 12.3. The van der Waals surface area contributed by atoms with Crippen molar-refractivity contribution >= 4 is 11.6 Å². The molecule has 0 fully saturated rings. The van der Waals surface area contributed by atoms with Gasteiger partial charge in [-0.2, -0.15) is 0 Å². The van der Waals surface area contributed by atoms with E-state index in [1.54, 1.807) is 0 Å². The van der Waals surface area contributed by atoms with Crippen LogP contribution in [0.4, 0.5) is 0 Å². The van der Waals surface area contributed by atoms with Gasteiger partial charge in [-0.15, -0.1) is 6.58 Å². The molecule has 0 saturated carbocycles. The first-order chi connectivity index (χ1) is 7.00. The van der Waals surface area contributed by atoms with Crippen LogP contribution in [0, 0.1) is 6.92 Å². The molecule has 1 unspecified atom stereocenters. The van der Waals surface area contributed by atoms with Crippen molar-refractivity contribution < 1.29 is 0 Å². The second-order valence-electron chi connectivity index (χ2n) is 4.13. The molecule has 0 heterocycles. The summed E-state index contributed by atoms with van der Waals surface area (Å²) in [4.78, 5) is 0. The summed E-state index contributed by atoms with van der Waals surface area (Å²) in [5, 5.41) is 0.768. The average Bonchev–Trinajstić information content (AvgIpc) is 2.14. The zero-order valence-corrected chi connectivity index (χ0v) is 10.1. The SMILES string of the molecule is C=C(C)CCC(N)c1ccc(C)cc1Cl. The van der Waals surface area contributed by atoms with Gasteiger partial charge < -0.3 is 5.73 Å². The standard InChI is InChI=1S/C13H18ClN/c1-9(2)4-7-13(15)11-6-5-10(3)8-12(11)14/h5-6,8,13H,1,4,7,15H2,2-3H3. The number of rotatable bonds is 4. The van der Waals surface area contributed by atoms with Gasteiger partial charge in [0.2, 0.25) is 0 Å². The van der Waals surface area contributed by atoms with Crippen LogP contribution in [0.5, 0.6) is 0 Å². The lowest BCUT2D eigenvalue weighted by Crippen LogP contribution is -2.10. The maximum absolute atomic E-state index is 6.14. The van der Waals surface area contributed by atoms with Crippen molar-refractivity contribution in [1.29, 1.82) is 0 Å². The molecule has 1 rings (SSSR count). The molecule has 0 aliphatic heterocycles. The summed E-state index contributed by atoms with van der Waals surface area (Å²) < 4.78 is 0. The van der Waals surface area contributed by atoms with Gasteiger partial charge in [0.25, 0.3) is 0 Å². The van der Waals surface area contributed by atoms with Crippen LogP contribution >= 0.6 is 11.6 Å². The normalized spacial score (nSPS) is 12.5. The number of hydrogen-bond donors (Lipinski definition) is 1. The quantitative estimate of drug-likeness (QED) is 0.768. The largest absolute Gasteiger partial charge is 0.324 e. The van der Waals surface area contributed by atoms with Crippen molar-refractivity contribution in [1.82, 2.24) is 0 Å². The number of halogens is 1. The summed E-state index contributed by atoms with van der Waals surface area (Å²) in [6.45, 7) is 7.91. The van der Waals surface area contributed by atoms with E-state index in [-0.39, 0.29) is 6.04 Å². The Kier molecular flexibility index (Phi) is 4.37. The van der Waals surface area contributed by atoms with Crippen LogP contribution in [0.25, 0.3) is 0 Å². The summed E-state index contributed by atoms with van der Waals surface area (Å²) in [5.41, 5.74) is 9.42. The van der Waals surface area contributed by atoms with Crippen molar-refractivity contribution in [3.63, 3.8) is 0 Å². The molecule has 0 spiro atoms. The number of hydrogen-bond acceptors (Lipinski definition) is 1. The van der Waals surface area contributed by atoms with Crippen LogP contribution in [-0.2, 0) is 0 Å². The molecule has 15 heavy (non-hydrogen) atoms. The minimum absolute atomic E-state index is 0.00907. The van der Waals surface area contributed by atoms with Gasteiger partial charge in [0.15, 0.2) is 0 Å². The highest BCUT2D eigenvalue weighted by molar-refractivity contribution is 6.31. The van der Waals surface area contributed by atoms with E-state index in [2.05, 4.69) is 6.58 Å². The highest BCUT2D eigenvalue weighted by Gasteiger charge is 2.09. The van der Waals surface area contributed by atoms with E-state index in [1.165, 1.54) is 0 Å². The molecule has 0 amide bonds. The fraction of sp³-hybridized carbons (Fsp3) is 0.385. The van der Waals surface area contributed by atoms with Crippen LogP contribution in [-0.4, -0.2) is 0 Å². The molecule has 0 aliphatic rings. The average molecular weight is 224 g/mol. The predicted octanol–water partition coefficient (Wildman–Crippen LogP) is 4.00. The van der Waals surface area contributed by atoms with Crippen molar-refractivity contribution in [3.05, 3.63) is 46.5 Å². The summed E-state index contributed by atoms with van der Waals surface area (Å²) >= 11 is 6.14. The van der Waals surface area contributed by atoms with Crippen LogP contribution < -0.4 is 5.73 Å². The summed E-state index contributed by atoms with van der Waals surface area (Å²) in [6.07, 6.45) is 1.85. The predicted molar refractivity (Wildman–Crippen MR) is 67.2 cm³/mol. The monoisotopic (exact) mass is 223 g/mol. The Hall–Kier alpha value is -0.790. The second kappa shape index (κ2) is 5.34. The fourth-order valence-corrected chi connectivity index (χ4v) is 1.87. The zero-order valence-electron chi connectivity index (χ0n) is 9.39. The molecule has 1 nitrogen and oxygen atoms in total. The maximum atomic E-state index is 6.14. The smallest absolute Gasteiger partial charge is 0.0456 e. The van der Waals surface area contributed by atoms with E-state index >= 15 is 0 Å². The first-order valence-electron chi connectivity index (χ1n) is 5.16. The summed E-state index contributed by atoms with van der Waals surface area (Å²) in [5.74, 6) is 0. The molecule has 2 heteroatoms. The van der Waals surface area contributed by atoms with Gasteiger partial charge >= 0.3 is 0 Å². The van der Waals surface area contributed by atoms with Crippen molar-refractivity contribution in [2.45, 2.75) is 32.7 Å². The van der Waals surface area contributed by atoms with Gasteiger partial charge in [0, 0.05) is 11.1 Å².